The molecule has 0 radical (unpaired) electrons. The third-order valence-corrected chi connectivity index (χ3v) is 7.86. The number of halogens is 4. The van der Waals surface area contributed by atoms with E-state index in [-0.39, 0.29) is 27.9 Å². The summed E-state index contributed by atoms with van der Waals surface area (Å²) in [5, 5.41) is 5.06. The first-order chi connectivity index (χ1) is 17.0. The largest absolute Gasteiger partial charge is 0.480 e. The molecule has 192 valence electrons. The molecule has 0 bridgehead atoms. The van der Waals surface area contributed by atoms with Crippen molar-refractivity contribution >= 4 is 15.7 Å². The van der Waals surface area contributed by atoms with Crippen LogP contribution in [-0.4, -0.2) is 36.2 Å². The summed E-state index contributed by atoms with van der Waals surface area (Å²) in [4.78, 5) is 16.1. The van der Waals surface area contributed by atoms with Crippen molar-refractivity contribution in [1.29, 1.82) is 0 Å². The van der Waals surface area contributed by atoms with Crippen LogP contribution in [0.15, 0.2) is 53.7 Å². The predicted molar refractivity (Wildman–Crippen MR) is 119 cm³/mol. The molecule has 3 aromatic rings. The molecule has 1 amide bonds. The molecule has 1 aromatic carbocycles. The maximum atomic E-state index is 13.6. The third kappa shape index (κ3) is 5.20. The second kappa shape index (κ2) is 9.88. The number of ether oxygens (including phenoxy) is 1. The molecule has 1 atom stereocenters. The maximum absolute atomic E-state index is 13.6. The van der Waals surface area contributed by atoms with Crippen LogP contribution in [0, 0.1) is 11.7 Å². The Labute approximate surface area is 204 Å². The summed E-state index contributed by atoms with van der Waals surface area (Å²) in [6, 6.07) is 6.01. The molecule has 0 aliphatic heterocycles. The first-order valence-electron chi connectivity index (χ1n) is 11.0. The number of carbonyl (C=O) groups excluding carboxylic acids is 1. The first kappa shape index (κ1) is 25.6. The number of methoxy groups -OCH3 is 1. The van der Waals surface area contributed by atoms with Gasteiger partial charge in [0.05, 0.1) is 29.5 Å². The zero-order valence-electron chi connectivity index (χ0n) is 19.0. The van der Waals surface area contributed by atoms with E-state index in [1.54, 1.807) is 0 Å². The Morgan fingerprint density at radius 1 is 1.14 bits per heavy atom. The normalized spacial score (nSPS) is 15.6. The molecule has 0 saturated heterocycles. The second-order valence-electron chi connectivity index (χ2n) is 8.31. The smallest absolute Gasteiger partial charge is 0.433 e. The Morgan fingerprint density at radius 2 is 1.81 bits per heavy atom. The molecule has 8 nitrogen and oxygen atoms in total. The van der Waals surface area contributed by atoms with E-state index in [9.17, 15) is 30.8 Å². The van der Waals surface area contributed by atoms with Crippen molar-refractivity contribution in [1.82, 2.24) is 20.1 Å². The molecule has 1 fully saturated rings. The molecule has 4 rings (SSSR count). The van der Waals surface area contributed by atoms with Gasteiger partial charge in [-0.05, 0) is 49.2 Å². The lowest BCUT2D eigenvalue weighted by atomic mass is 10.1. The number of hydrogen-bond acceptors (Lipinski definition) is 6. The van der Waals surface area contributed by atoms with Crippen LogP contribution >= 0.6 is 0 Å². The van der Waals surface area contributed by atoms with Gasteiger partial charge in [-0.2, -0.15) is 13.2 Å². The Morgan fingerprint density at radius 3 is 2.36 bits per heavy atom. The highest BCUT2D eigenvalue weighted by Crippen LogP contribution is 2.35. The van der Waals surface area contributed by atoms with Gasteiger partial charge in [-0.15, -0.1) is 5.10 Å². The van der Waals surface area contributed by atoms with Gasteiger partial charge >= 0.3 is 6.18 Å². The molecule has 1 unspecified atom stereocenters. The highest BCUT2D eigenvalue weighted by atomic mass is 32.2. The van der Waals surface area contributed by atoms with Crippen molar-refractivity contribution < 1.29 is 35.5 Å². The summed E-state index contributed by atoms with van der Waals surface area (Å²) in [6.07, 6.45) is 0.449. The highest BCUT2D eigenvalue weighted by molar-refractivity contribution is 7.91. The number of alkyl halides is 3. The summed E-state index contributed by atoms with van der Waals surface area (Å²) in [7, 11) is -3.08. The molecule has 1 saturated carbocycles. The minimum atomic E-state index is -4.63. The van der Waals surface area contributed by atoms with Crippen LogP contribution in [0.25, 0.3) is 5.69 Å². The van der Waals surface area contributed by atoms with Crippen molar-refractivity contribution in [2.45, 2.75) is 42.1 Å². The van der Waals surface area contributed by atoms with Gasteiger partial charge in [0.2, 0.25) is 21.6 Å². The van der Waals surface area contributed by atoms with E-state index in [1.165, 1.54) is 13.3 Å². The van der Waals surface area contributed by atoms with Crippen molar-refractivity contribution in [3.05, 3.63) is 65.9 Å². The summed E-state index contributed by atoms with van der Waals surface area (Å²) in [5.74, 6) is -1.64. The predicted octanol–water partition coefficient (Wildman–Crippen LogP) is 4.21. The number of hydrogen-bond donors (Lipinski definition) is 1. The van der Waals surface area contributed by atoms with Gasteiger partial charge in [0, 0.05) is 12.1 Å². The molecule has 2 aromatic heterocycles. The van der Waals surface area contributed by atoms with E-state index in [2.05, 4.69) is 15.4 Å². The topological polar surface area (TPSA) is 103 Å². The molecule has 1 N–H and O–H groups in total. The summed E-state index contributed by atoms with van der Waals surface area (Å²) in [5.41, 5.74) is -1.05. The molecule has 13 heteroatoms. The van der Waals surface area contributed by atoms with Gasteiger partial charge in [-0.3, -0.25) is 4.79 Å². The van der Waals surface area contributed by atoms with Gasteiger partial charge in [-0.1, -0.05) is 12.8 Å². The van der Waals surface area contributed by atoms with Crippen LogP contribution in [0.5, 0.6) is 5.88 Å². The standard InChI is InChI=1S/C23H22F4N4O4S/c1-35-21-18(13-31(30-21)16-8-11-19(28-12-16)23(25,26)27)22(29-20(32)14-4-2-3-5-14)36(33,34)17-9-6-15(24)7-10-17/h6-14,22H,2-5H2,1H3,(H,29,32). The monoisotopic (exact) mass is 526 g/mol. The Hall–Kier alpha value is -3.48. The van der Waals surface area contributed by atoms with Crippen LogP contribution < -0.4 is 10.1 Å². The van der Waals surface area contributed by atoms with E-state index >= 15 is 0 Å². The van der Waals surface area contributed by atoms with E-state index in [0.717, 1.165) is 60.1 Å². The fraction of sp³-hybridized carbons (Fsp3) is 0.348. The van der Waals surface area contributed by atoms with E-state index in [0.29, 0.717) is 12.8 Å². The van der Waals surface area contributed by atoms with Crippen molar-refractivity contribution in [2.24, 2.45) is 5.92 Å². The quantitative estimate of drug-likeness (QED) is 0.366. The Bertz CT molecular complexity index is 1330. The van der Waals surface area contributed by atoms with Crippen LogP contribution in [-0.2, 0) is 20.8 Å². The van der Waals surface area contributed by atoms with Gasteiger partial charge < -0.3 is 10.1 Å². The molecular formula is C23H22F4N4O4S. The van der Waals surface area contributed by atoms with E-state index in [1.807, 2.05) is 0 Å². The summed E-state index contributed by atoms with van der Waals surface area (Å²) in [6.45, 7) is 0. The van der Waals surface area contributed by atoms with Gasteiger partial charge in [-0.25, -0.2) is 22.5 Å². The highest BCUT2D eigenvalue weighted by Gasteiger charge is 2.37. The molecule has 36 heavy (non-hydrogen) atoms. The number of nitrogens with zero attached hydrogens (tertiary/aromatic N) is 3. The summed E-state index contributed by atoms with van der Waals surface area (Å²) < 4.78 is 85.7. The SMILES string of the molecule is COc1nn(-c2ccc(C(F)(F)F)nc2)cc1C(NC(=O)C1CCCC1)S(=O)(=O)c1ccc(F)cc1. The number of aromatic nitrogens is 3. The number of nitrogens with one attached hydrogen (secondary N) is 1. The van der Waals surface area contributed by atoms with Crippen molar-refractivity contribution in [2.75, 3.05) is 7.11 Å². The van der Waals surface area contributed by atoms with Crippen LogP contribution in [0.2, 0.25) is 0 Å². The minimum Gasteiger partial charge on any atom is -0.480 e. The maximum Gasteiger partial charge on any atom is 0.433 e. The van der Waals surface area contributed by atoms with Crippen LogP contribution in [0.3, 0.4) is 0 Å². The lowest BCUT2D eigenvalue weighted by molar-refractivity contribution is -0.141. The van der Waals surface area contributed by atoms with Crippen LogP contribution in [0.4, 0.5) is 17.6 Å². The summed E-state index contributed by atoms with van der Waals surface area (Å²) >= 11 is 0. The van der Waals surface area contributed by atoms with E-state index < -0.39 is 38.8 Å². The van der Waals surface area contributed by atoms with Gasteiger partial charge in [0.1, 0.15) is 11.5 Å². The van der Waals surface area contributed by atoms with Crippen molar-refractivity contribution in [3.63, 3.8) is 0 Å². The van der Waals surface area contributed by atoms with Gasteiger partial charge in [0.15, 0.2) is 5.37 Å². The fourth-order valence-corrected chi connectivity index (χ4v) is 5.60. The average molecular weight is 527 g/mol. The second-order valence-corrected chi connectivity index (χ2v) is 10.3. The average Bonchev–Trinajstić information content (AvgIpc) is 3.52. The van der Waals surface area contributed by atoms with E-state index in [4.69, 9.17) is 4.74 Å². The number of carbonyl (C=O) groups is 1. The van der Waals surface area contributed by atoms with Crippen LogP contribution in [0.1, 0.15) is 42.3 Å². The minimum absolute atomic E-state index is 0.0481. The Kier molecular flexibility index (Phi) is 7.03. The molecule has 1 aliphatic rings. The van der Waals surface area contributed by atoms with Crippen molar-refractivity contribution in [3.8, 4) is 11.6 Å². The van der Waals surface area contributed by atoms with Gasteiger partial charge in [0.25, 0.3) is 0 Å². The Balaban J connectivity index is 1.77. The molecular weight excluding hydrogens is 504 g/mol. The fourth-order valence-electron chi connectivity index (χ4n) is 4.05. The molecule has 1 aliphatic carbocycles. The first-order valence-corrected chi connectivity index (χ1v) is 12.5. The number of amides is 1. The number of rotatable bonds is 7. The number of benzene rings is 1. The number of pyridine rings is 1. The third-order valence-electron chi connectivity index (χ3n) is 5.94. The zero-order chi connectivity index (χ0) is 26.1. The molecule has 2 heterocycles. The number of sulfone groups is 1. The lowest BCUT2D eigenvalue weighted by Gasteiger charge is -2.21. The zero-order valence-corrected chi connectivity index (χ0v) is 19.8. The lowest BCUT2D eigenvalue weighted by Crippen LogP contribution is -2.37. The molecule has 0 spiro atoms.